The quantitative estimate of drug-likeness (QED) is 0.758. The van der Waals surface area contributed by atoms with E-state index in [0.717, 1.165) is 0 Å². The Labute approximate surface area is 110 Å². The van der Waals surface area contributed by atoms with Crippen molar-refractivity contribution in [2.24, 2.45) is 0 Å². The molecule has 0 fully saturated rings. The van der Waals surface area contributed by atoms with Crippen LogP contribution in [0.25, 0.3) is 0 Å². The molecule has 1 aromatic heterocycles. The second-order valence-electron chi connectivity index (χ2n) is 3.06. The summed E-state index contributed by atoms with van der Waals surface area (Å²) in [5, 5.41) is 0.756. The van der Waals surface area contributed by atoms with Crippen LogP contribution in [-0.2, 0) is 0 Å². The first-order chi connectivity index (χ1) is 7.59. The third kappa shape index (κ3) is 2.17. The summed E-state index contributed by atoms with van der Waals surface area (Å²) in [6.45, 7) is 0. The number of carbonyl (C=O) groups excluding carboxylic acids is 1. The zero-order valence-corrected chi connectivity index (χ0v) is 10.9. The second-order valence-corrected chi connectivity index (χ2v) is 4.72. The van der Waals surface area contributed by atoms with Crippen molar-refractivity contribution in [2.45, 2.75) is 0 Å². The summed E-state index contributed by atoms with van der Waals surface area (Å²) in [7, 11) is 0. The molecule has 2 rings (SSSR count). The smallest absolute Gasteiger partial charge is 0.229 e. The van der Waals surface area contributed by atoms with Crippen molar-refractivity contribution in [1.29, 1.82) is 0 Å². The van der Waals surface area contributed by atoms with Crippen molar-refractivity contribution in [3.63, 3.8) is 0 Å². The fourth-order valence-corrected chi connectivity index (χ4v) is 1.90. The Morgan fingerprint density at radius 1 is 1.19 bits per heavy atom. The molecule has 5 heteroatoms. The highest BCUT2D eigenvalue weighted by Crippen LogP contribution is 2.26. The molecule has 0 amide bonds. The largest absolute Gasteiger partial charge is 0.460 e. The van der Waals surface area contributed by atoms with Crippen molar-refractivity contribution < 1.29 is 9.21 Å². The van der Waals surface area contributed by atoms with Crippen LogP contribution in [0.1, 0.15) is 16.1 Å². The third-order valence-corrected chi connectivity index (χ3v) is 3.37. The minimum Gasteiger partial charge on any atom is -0.460 e. The van der Waals surface area contributed by atoms with Crippen LogP contribution < -0.4 is 0 Å². The molecule has 2 nitrogen and oxygen atoms in total. The highest BCUT2D eigenvalue weighted by molar-refractivity contribution is 9.10. The SMILES string of the molecule is O=C(c1ccc(Cl)c(Cl)c1)c1occc1Br. The molecule has 1 heterocycles. The monoisotopic (exact) mass is 318 g/mol. The van der Waals surface area contributed by atoms with Gasteiger partial charge in [0.05, 0.1) is 20.8 Å². The van der Waals surface area contributed by atoms with Crippen molar-refractivity contribution >= 4 is 44.9 Å². The van der Waals surface area contributed by atoms with E-state index in [1.54, 1.807) is 18.2 Å². The van der Waals surface area contributed by atoms with Crippen molar-refractivity contribution in [3.05, 3.63) is 56.4 Å². The van der Waals surface area contributed by atoms with Gasteiger partial charge in [-0.05, 0) is 40.2 Å². The van der Waals surface area contributed by atoms with E-state index in [1.807, 2.05) is 0 Å². The molecular weight excluding hydrogens is 315 g/mol. The number of furan rings is 1. The molecule has 1 aromatic carbocycles. The van der Waals surface area contributed by atoms with Gasteiger partial charge in [0.25, 0.3) is 0 Å². The lowest BCUT2D eigenvalue weighted by molar-refractivity contribution is 0.101. The Kier molecular flexibility index (Phi) is 3.38. The molecule has 0 aliphatic rings. The van der Waals surface area contributed by atoms with E-state index in [-0.39, 0.29) is 11.5 Å². The molecule has 0 saturated heterocycles. The number of rotatable bonds is 2. The Morgan fingerprint density at radius 3 is 2.50 bits per heavy atom. The van der Waals surface area contributed by atoms with Gasteiger partial charge in [-0.25, -0.2) is 0 Å². The molecule has 0 N–H and O–H groups in total. The number of halogens is 3. The molecule has 82 valence electrons. The fraction of sp³-hybridized carbons (Fsp3) is 0. The minimum atomic E-state index is -0.240. The van der Waals surface area contributed by atoms with Crippen LogP contribution in [0.5, 0.6) is 0 Å². The van der Waals surface area contributed by atoms with E-state index in [1.165, 1.54) is 12.3 Å². The van der Waals surface area contributed by atoms with Crippen LogP contribution in [0, 0.1) is 0 Å². The van der Waals surface area contributed by atoms with Gasteiger partial charge in [-0.2, -0.15) is 0 Å². The molecule has 0 atom stereocenters. The highest BCUT2D eigenvalue weighted by atomic mass is 79.9. The molecule has 2 aromatic rings. The third-order valence-electron chi connectivity index (χ3n) is 2.01. The summed E-state index contributed by atoms with van der Waals surface area (Å²) < 4.78 is 5.69. The van der Waals surface area contributed by atoms with Crippen LogP contribution in [0.4, 0.5) is 0 Å². The minimum absolute atomic E-state index is 0.240. The highest BCUT2D eigenvalue weighted by Gasteiger charge is 2.16. The molecule has 0 radical (unpaired) electrons. The molecule has 0 aliphatic carbocycles. The van der Waals surface area contributed by atoms with E-state index in [4.69, 9.17) is 27.6 Å². The number of hydrogen-bond donors (Lipinski definition) is 0. The van der Waals surface area contributed by atoms with E-state index < -0.39 is 0 Å². The first-order valence-electron chi connectivity index (χ1n) is 4.32. The standard InChI is InChI=1S/C11H5BrCl2O2/c12-7-3-4-16-11(7)10(15)6-1-2-8(13)9(14)5-6/h1-5H. The van der Waals surface area contributed by atoms with E-state index in [2.05, 4.69) is 15.9 Å². The molecule has 0 saturated carbocycles. The summed E-state index contributed by atoms with van der Waals surface area (Å²) in [6, 6.07) is 6.35. The molecule has 0 bridgehead atoms. The maximum atomic E-state index is 12.0. The first kappa shape index (κ1) is 11.7. The number of hydrogen-bond acceptors (Lipinski definition) is 2. The zero-order valence-electron chi connectivity index (χ0n) is 7.84. The van der Waals surface area contributed by atoms with Crippen molar-refractivity contribution in [3.8, 4) is 0 Å². The number of ketones is 1. The van der Waals surface area contributed by atoms with Gasteiger partial charge in [0.15, 0.2) is 5.76 Å². The summed E-state index contributed by atoms with van der Waals surface area (Å²) >= 11 is 14.8. The Hall–Kier alpha value is -0.770. The van der Waals surface area contributed by atoms with Gasteiger partial charge in [0, 0.05) is 5.56 Å². The number of benzene rings is 1. The average molecular weight is 320 g/mol. The predicted molar refractivity (Wildman–Crippen MR) is 66.3 cm³/mol. The van der Waals surface area contributed by atoms with Crippen LogP contribution in [0.3, 0.4) is 0 Å². The van der Waals surface area contributed by atoms with Crippen LogP contribution in [-0.4, -0.2) is 5.78 Å². The Bertz CT molecular complexity index is 549. The normalized spacial score (nSPS) is 10.4. The van der Waals surface area contributed by atoms with Gasteiger partial charge in [-0.3, -0.25) is 4.79 Å². The van der Waals surface area contributed by atoms with Crippen molar-refractivity contribution in [2.75, 3.05) is 0 Å². The summed E-state index contributed by atoms with van der Waals surface area (Å²) in [6.07, 6.45) is 1.44. The zero-order chi connectivity index (χ0) is 11.7. The first-order valence-corrected chi connectivity index (χ1v) is 5.87. The van der Waals surface area contributed by atoms with E-state index in [0.29, 0.717) is 20.1 Å². The fourth-order valence-electron chi connectivity index (χ4n) is 1.22. The number of carbonyl (C=O) groups is 1. The average Bonchev–Trinajstić information content (AvgIpc) is 2.67. The van der Waals surface area contributed by atoms with Crippen molar-refractivity contribution in [1.82, 2.24) is 0 Å². The van der Waals surface area contributed by atoms with Gasteiger partial charge in [-0.15, -0.1) is 0 Å². The van der Waals surface area contributed by atoms with Crippen LogP contribution >= 0.6 is 39.1 Å². The lowest BCUT2D eigenvalue weighted by Crippen LogP contribution is -2.00. The van der Waals surface area contributed by atoms with E-state index >= 15 is 0 Å². The predicted octanol–water partition coefficient (Wildman–Crippen LogP) is 4.58. The Morgan fingerprint density at radius 2 is 1.94 bits per heavy atom. The maximum absolute atomic E-state index is 12.0. The second kappa shape index (κ2) is 4.62. The molecule has 0 spiro atoms. The summed E-state index contributed by atoms with van der Waals surface area (Å²) in [5.74, 6) is 0.00818. The molecule has 0 aliphatic heterocycles. The molecular formula is C11H5BrCl2O2. The molecule has 16 heavy (non-hydrogen) atoms. The lowest BCUT2D eigenvalue weighted by Gasteiger charge is -2.00. The van der Waals surface area contributed by atoms with Gasteiger partial charge in [-0.1, -0.05) is 23.2 Å². The lowest BCUT2D eigenvalue weighted by atomic mass is 10.1. The van der Waals surface area contributed by atoms with Gasteiger partial charge in [0.1, 0.15) is 0 Å². The summed E-state index contributed by atoms with van der Waals surface area (Å²) in [5.41, 5.74) is 0.435. The van der Waals surface area contributed by atoms with Gasteiger partial charge in [0.2, 0.25) is 5.78 Å². The Balaban J connectivity index is 2.42. The topological polar surface area (TPSA) is 30.2 Å². The van der Waals surface area contributed by atoms with E-state index in [9.17, 15) is 4.79 Å². The van der Waals surface area contributed by atoms with Crippen LogP contribution in [0.2, 0.25) is 10.0 Å². The molecule has 0 unspecified atom stereocenters. The van der Waals surface area contributed by atoms with Gasteiger partial charge >= 0.3 is 0 Å². The van der Waals surface area contributed by atoms with Gasteiger partial charge < -0.3 is 4.42 Å². The summed E-state index contributed by atoms with van der Waals surface area (Å²) in [4.78, 5) is 12.0. The van der Waals surface area contributed by atoms with Crippen LogP contribution in [0.15, 0.2) is 39.4 Å². The maximum Gasteiger partial charge on any atom is 0.229 e.